The SMILES string of the molecule is O=[N+]([O-])c1ccc(Oc2nc(Cl)nc3sccc23)cc1. The summed E-state index contributed by atoms with van der Waals surface area (Å²) in [6.45, 7) is 0. The van der Waals surface area contributed by atoms with Crippen LogP contribution in [0.1, 0.15) is 0 Å². The van der Waals surface area contributed by atoms with E-state index in [4.69, 9.17) is 16.3 Å². The molecule has 0 bridgehead atoms. The van der Waals surface area contributed by atoms with Gasteiger partial charge in [0.2, 0.25) is 11.2 Å². The lowest BCUT2D eigenvalue weighted by atomic mass is 10.3. The van der Waals surface area contributed by atoms with Gasteiger partial charge in [0.05, 0.1) is 10.3 Å². The number of nitro groups is 1. The number of nitro benzene ring substituents is 1. The quantitative estimate of drug-likeness (QED) is 0.414. The zero-order valence-corrected chi connectivity index (χ0v) is 11.4. The number of rotatable bonds is 3. The second kappa shape index (κ2) is 5.03. The van der Waals surface area contributed by atoms with Gasteiger partial charge in [-0.3, -0.25) is 10.1 Å². The van der Waals surface area contributed by atoms with Gasteiger partial charge in [-0.25, -0.2) is 4.98 Å². The number of hydrogen-bond donors (Lipinski definition) is 0. The van der Waals surface area contributed by atoms with Gasteiger partial charge < -0.3 is 4.74 Å². The molecule has 0 atom stereocenters. The van der Waals surface area contributed by atoms with E-state index in [2.05, 4.69) is 9.97 Å². The highest BCUT2D eigenvalue weighted by atomic mass is 35.5. The van der Waals surface area contributed by atoms with Crippen molar-refractivity contribution in [2.75, 3.05) is 0 Å². The van der Waals surface area contributed by atoms with E-state index in [0.717, 1.165) is 10.2 Å². The third-order valence-electron chi connectivity index (χ3n) is 2.52. The fraction of sp³-hybridized carbons (Fsp3) is 0. The number of hydrogen-bond acceptors (Lipinski definition) is 6. The van der Waals surface area contributed by atoms with E-state index in [1.165, 1.54) is 35.6 Å². The Bertz CT molecular complexity index is 788. The summed E-state index contributed by atoms with van der Waals surface area (Å²) in [6, 6.07) is 7.57. The second-order valence-electron chi connectivity index (χ2n) is 3.79. The molecule has 0 spiro atoms. The van der Waals surface area contributed by atoms with E-state index >= 15 is 0 Å². The molecule has 100 valence electrons. The first-order valence-corrected chi connectivity index (χ1v) is 6.72. The van der Waals surface area contributed by atoms with E-state index in [-0.39, 0.29) is 11.0 Å². The predicted molar refractivity (Wildman–Crippen MR) is 75.6 cm³/mol. The Labute approximate surface area is 121 Å². The lowest BCUT2D eigenvalue weighted by Gasteiger charge is -2.05. The van der Waals surface area contributed by atoms with Crippen molar-refractivity contribution < 1.29 is 9.66 Å². The lowest BCUT2D eigenvalue weighted by molar-refractivity contribution is -0.384. The Balaban J connectivity index is 1.96. The van der Waals surface area contributed by atoms with E-state index in [9.17, 15) is 10.1 Å². The summed E-state index contributed by atoms with van der Waals surface area (Å²) in [5.41, 5.74) is -0.00116. The lowest BCUT2D eigenvalue weighted by Crippen LogP contribution is -1.92. The minimum absolute atomic E-state index is 0.00116. The molecule has 1 aromatic carbocycles. The van der Waals surface area contributed by atoms with Gasteiger partial charge in [0.25, 0.3) is 5.69 Å². The largest absolute Gasteiger partial charge is 0.438 e. The molecule has 0 amide bonds. The number of nitrogens with zero attached hydrogens (tertiary/aromatic N) is 3. The minimum atomic E-state index is -0.470. The smallest absolute Gasteiger partial charge is 0.269 e. The Morgan fingerprint density at radius 3 is 2.65 bits per heavy atom. The predicted octanol–water partition coefficient (Wildman–Crippen LogP) is 4.05. The van der Waals surface area contributed by atoms with Gasteiger partial charge in [0, 0.05) is 12.1 Å². The molecule has 0 aliphatic carbocycles. The van der Waals surface area contributed by atoms with E-state index in [1.54, 1.807) is 0 Å². The van der Waals surface area contributed by atoms with Gasteiger partial charge in [-0.1, -0.05) is 0 Å². The highest BCUT2D eigenvalue weighted by molar-refractivity contribution is 7.16. The summed E-state index contributed by atoms with van der Waals surface area (Å²) < 4.78 is 5.61. The summed E-state index contributed by atoms with van der Waals surface area (Å²) in [6.07, 6.45) is 0. The molecular formula is C12H6ClN3O3S. The molecule has 0 saturated heterocycles. The molecule has 2 aromatic heterocycles. The topological polar surface area (TPSA) is 78.2 Å². The molecule has 6 nitrogen and oxygen atoms in total. The number of aromatic nitrogens is 2. The maximum Gasteiger partial charge on any atom is 0.269 e. The van der Waals surface area contributed by atoms with Crippen molar-refractivity contribution >= 4 is 38.8 Å². The van der Waals surface area contributed by atoms with Crippen LogP contribution in [0.15, 0.2) is 35.7 Å². The zero-order valence-electron chi connectivity index (χ0n) is 9.82. The zero-order chi connectivity index (χ0) is 14.1. The van der Waals surface area contributed by atoms with Crippen LogP contribution >= 0.6 is 22.9 Å². The summed E-state index contributed by atoms with van der Waals surface area (Å²) in [7, 11) is 0. The van der Waals surface area contributed by atoms with Crippen molar-refractivity contribution in [3.8, 4) is 11.6 Å². The number of benzene rings is 1. The first-order chi connectivity index (χ1) is 9.63. The second-order valence-corrected chi connectivity index (χ2v) is 5.02. The molecule has 0 aliphatic heterocycles. The van der Waals surface area contributed by atoms with Crippen LogP contribution in [-0.4, -0.2) is 14.9 Å². The van der Waals surface area contributed by atoms with E-state index in [0.29, 0.717) is 11.6 Å². The van der Waals surface area contributed by atoms with Gasteiger partial charge in [-0.15, -0.1) is 11.3 Å². The van der Waals surface area contributed by atoms with Crippen molar-refractivity contribution in [2.24, 2.45) is 0 Å². The molecule has 3 rings (SSSR count). The Morgan fingerprint density at radius 1 is 1.20 bits per heavy atom. The van der Waals surface area contributed by atoms with Gasteiger partial charge in [0.15, 0.2) is 0 Å². The molecule has 20 heavy (non-hydrogen) atoms. The number of halogens is 1. The average molecular weight is 308 g/mol. The Hall–Kier alpha value is -2.25. The van der Waals surface area contributed by atoms with Crippen molar-refractivity contribution in [3.05, 3.63) is 51.1 Å². The van der Waals surface area contributed by atoms with E-state index in [1.807, 2.05) is 11.4 Å². The average Bonchev–Trinajstić information content (AvgIpc) is 2.87. The van der Waals surface area contributed by atoms with Crippen LogP contribution in [0.4, 0.5) is 5.69 Å². The fourth-order valence-corrected chi connectivity index (χ4v) is 2.59. The minimum Gasteiger partial charge on any atom is -0.438 e. The summed E-state index contributed by atoms with van der Waals surface area (Å²) in [5.74, 6) is 0.771. The molecule has 0 radical (unpaired) electrons. The number of fused-ring (bicyclic) bond motifs is 1. The van der Waals surface area contributed by atoms with Crippen molar-refractivity contribution in [1.82, 2.24) is 9.97 Å². The van der Waals surface area contributed by atoms with Gasteiger partial charge in [-0.05, 0) is 35.2 Å². The standard InChI is InChI=1S/C12H6ClN3O3S/c13-12-14-10(9-5-6-20-11(9)15-12)19-8-3-1-7(2-4-8)16(17)18/h1-6H. The number of thiophene rings is 1. The molecule has 0 N–H and O–H groups in total. The first-order valence-electron chi connectivity index (χ1n) is 5.46. The molecular weight excluding hydrogens is 302 g/mol. The Morgan fingerprint density at radius 2 is 1.95 bits per heavy atom. The van der Waals surface area contributed by atoms with Crippen LogP contribution in [0, 0.1) is 10.1 Å². The van der Waals surface area contributed by atoms with Crippen LogP contribution in [0.3, 0.4) is 0 Å². The highest BCUT2D eigenvalue weighted by Gasteiger charge is 2.11. The normalized spacial score (nSPS) is 10.7. The van der Waals surface area contributed by atoms with Crippen LogP contribution in [0.5, 0.6) is 11.6 Å². The molecule has 0 unspecified atom stereocenters. The van der Waals surface area contributed by atoms with E-state index < -0.39 is 4.92 Å². The third kappa shape index (κ3) is 2.40. The van der Waals surface area contributed by atoms with Gasteiger partial charge in [0.1, 0.15) is 10.6 Å². The van der Waals surface area contributed by atoms with Crippen LogP contribution in [0.25, 0.3) is 10.2 Å². The van der Waals surface area contributed by atoms with Crippen molar-refractivity contribution in [1.29, 1.82) is 0 Å². The molecule has 0 fully saturated rings. The maximum atomic E-state index is 10.6. The summed E-state index contributed by atoms with van der Waals surface area (Å²) >= 11 is 7.26. The van der Waals surface area contributed by atoms with Crippen molar-refractivity contribution in [2.45, 2.75) is 0 Å². The monoisotopic (exact) mass is 307 g/mol. The number of non-ortho nitro benzene ring substituents is 1. The molecule has 8 heteroatoms. The van der Waals surface area contributed by atoms with Crippen LogP contribution in [-0.2, 0) is 0 Å². The first kappa shape index (κ1) is 12.8. The maximum absolute atomic E-state index is 10.6. The van der Waals surface area contributed by atoms with Crippen molar-refractivity contribution in [3.63, 3.8) is 0 Å². The molecule has 0 aliphatic rings. The molecule has 3 aromatic rings. The Kier molecular flexibility index (Phi) is 3.21. The van der Waals surface area contributed by atoms with Gasteiger partial charge >= 0.3 is 0 Å². The fourth-order valence-electron chi connectivity index (χ4n) is 1.63. The molecule has 0 saturated carbocycles. The number of ether oxygens (including phenoxy) is 1. The summed E-state index contributed by atoms with van der Waals surface area (Å²) in [5, 5.41) is 13.3. The molecule has 2 heterocycles. The highest BCUT2D eigenvalue weighted by Crippen LogP contribution is 2.31. The van der Waals surface area contributed by atoms with Crippen LogP contribution in [0.2, 0.25) is 5.28 Å². The third-order valence-corrected chi connectivity index (χ3v) is 3.50. The van der Waals surface area contributed by atoms with Gasteiger partial charge in [-0.2, -0.15) is 4.98 Å². The summed E-state index contributed by atoms with van der Waals surface area (Å²) in [4.78, 5) is 18.9. The van der Waals surface area contributed by atoms with Crippen LogP contribution < -0.4 is 4.74 Å².